The SMILES string of the molecule is O=C(OC1CCCC1)C1OC1C(=Nc1ccc(I)cc1)OC1CCCC1. The fourth-order valence-electron chi connectivity index (χ4n) is 3.69. The minimum Gasteiger partial charge on any atom is -0.475 e. The smallest absolute Gasteiger partial charge is 0.338 e. The maximum Gasteiger partial charge on any atom is 0.338 e. The maximum atomic E-state index is 12.4. The molecule has 1 aliphatic heterocycles. The summed E-state index contributed by atoms with van der Waals surface area (Å²) in [7, 11) is 0. The van der Waals surface area contributed by atoms with Crippen molar-refractivity contribution in [3.8, 4) is 0 Å². The van der Waals surface area contributed by atoms with Gasteiger partial charge >= 0.3 is 5.97 Å². The van der Waals surface area contributed by atoms with E-state index >= 15 is 0 Å². The molecule has 1 heterocycles. The van der Waals surface area contributed by atoms with Gasteiger partial charge in [0.05, 0.1) is 5.69 Å². The summed E-state index contributed by atoms with van der Waals surface area (Å²) in [5.41, 5.74) is 0.817. The van der Waals surface area contributed by atoms with Crippen molar-refractivity contribution in [2.24, 2.45) is 4.99 Å². The van der Waals surface area contributed by atoms with Crippen LogP contribution in [0, 0.1) is 3.57 Å². The lowest BCUT2D eigenvalue weighted by molar-refractivity contribution is -0.150. The minimum absolute atomic E-state index is 0.0553. The van der Waals surface area contributed by atoms with Crippen LogP contribution in [0.5, 0.6) is 0 Å². The summed E-state index contributed by atoms with van der Waals surface area (Å²) < 4.78 is 18.5. The first-order chi connectivity index (χ1) is 12.7. The number of hydrogen-bond acceptors (Lipinski definition) is 5. The van der Waals surface area contributed by atoms with Crippen LogP contribution < -0.4 is 0 Å². The van der Waals surface area contributed by atoms with Crippen molar-refractivity contribution in [3.63, 3.8) is 0 Å². The third kappa shape index (κ3) is 4.57. The molecule has 0 amide bonds. The molecule has 3 fully saturated rings. The third-order valence-electron chi connectivity index (χ3n) is 5.21. The summed E-state index contributed by atoms with van der Waals surface area (Å²) >= 11 is 2.27. The minimum atomic E-state index is -0.570. The molecule has 0 spiro atoms. The van der Waals surface area contributed by atoms with E-state index in [1.807, 2.05) is 24.3 Å². The lowest BCUT2D eigenvalue weighted by atomic mass is 10.2. The summed E-state index contributed by atoms with van der Waals surface area (Å²) in [6, 6.07) is 7.92. The second-order valence-electron chi connectivity index (χ2n) is 7.27. The number of hydrogen-bond donors (Lipinski definition) is 0. The highest BCUT2D eigenvalue weighted by Gasteiger charge is 2.52. The molecule has 2 atom stereocenters. The lowest BCUT2D eigenvalue weighted by Crippen LogP contribution is -2.26. The number of rotatable bonds is 5. The molecule has 1 aromatic carbocycles. The van der Waals surface area contributed by atoms with E-state index in [0.29, 0.717) is 5.90 Å². The van der Waals surface area contributed by atoms with E-state index in [0.717, 1.165) is 47.8 Å². The van der Waals surface area contributed by atoms with E-state index in [1.165, 1.54) is 12.8 Å². The number of epoxide rings is 1. The van der Waals surface area contributed by atoms with Crippen molar-refractivity contribution >= 4 is 40.1 Å². The Kier molecular flexibility index (Phi) is 5.78. The number of carbonyl (C=O) groups is 1. The first kappa shape index (κ1) is 18.2. The van der Waals surface area contributed by atoms with E-state index < -0.39 is 12.2 Å². The number of benzene rings is 1. The molecule has 0 bridgehead atoms. The van der Waals surface area contributed by atoms with Gasteiger partial charge in [0.15, 0.2) is 12.2 Å². The molecule has 0 radical (unpaired) electrons. The Morgan fingerprint density at radius 2 is 1.50 bits per heavy atom. The highest BCUT2D eigenvalue weighted by Crippen LogP contribution is 2.32. The Labute approximate surface area is 167 Å². The maximum absolute atomic E-state index is 12.4. The number of carbonyl (C=O) groups excluding carboxylic acids is 1. The molecule has 2 aliphatic carbocycles. The molecule has 140 valence electrons. The van der Waals surface area contributed by atoms with Gasteiger partial charge in [-0.25, -0.2) is 9.79 Å². The van der Waals surface area contributed by atoms with Gasteiger partial charge in [0.25, 0.3) is 0 Å². The van der Waals surface area contributed by atoms with Crippen LogP contribution in [0.25, 0.3) is 0 Å². The van der Waals surface area contributed by atoms with E-state index in [1.54, 1.807) is 0 Å². The quantitative estimate of drug-likeness (QED) is 0.209. The van der Waals surface area contributed by atoms with Crippen molar-refractivity contribution in [2.75, 3.05) is 0 Å². The Morgan fingerprint density at radius 3 is 2.12 bits per heavy atom. The van der Waals surface area contributed by atoms with Gasteiger partial charge in [-0.2, -0.15) is 0 Å². The van der Waals surface area contributed by atoms with Crippen LogP contribution in [-0.4, -0.2) is 36.3 Å². The molecule has 4 rings (SSSR count). The fraction of sp³-hybridized carbons (Fsp3) is 0.600. The first-order valence-electron chi connectivity index (χ1n) is 9.56. The molecule has 0 aromatic heterocycles. The van der Waals surface area contributed by atoms with Crippen LogP contribution in [0.2, 0.25) is 0 Å². The standard InChI is InChI=1S/C20H24INO4/c21-13-9-11-14(12-10-13)22-19(24-15-5-1-2-6-15)17-18(26-17)20(23)25-16-7-3-4-8-16/h9-12,15-18H,1-8H2. The Morgan fingerprint density at radius 1 is 0.923 bits per heavy atom. The van der Waals surface area contributed by atoms with Gasteiger partial charge in [0.2, 0.25) is 5.90 Å². The number of ether oxygens (including phenoxy) is 3. The van der Waals surface area contributed by atoms with Crippen LogP contribution >= 0.6 is 22.6 Å². The van der Waals surface area contributed by atoms with Gasteiger partial charge in [-0.15, -0.1) is 0 Å². The average molecular weight is 469 g/mol. The van der Waals surface area contributed by atoms with Crippen molar-refractivity contribution in [1.82, 2.24) is 0 Å². The highest BCUT2D eigenvalue weighted by molar-refractivity contribution is 14.1. The molecule has 2 unspecified atom stereocenters. The second-order valence-corrected chi connectivity index (χ2v) is 8.52. The predicted molar refractivity (Wildman–Crippen MR) is 107 cm³/mol. The van der Waals surface area contributed by atoms with E-state index in [4.69, 9.17) is 14.2 Å². The van der Waals surface area contributed by atoms with Crippen molar-refractivity contribution in [1.29, 1.82) is 0 Å². The van der Waals surface area contributed by atoms with Crippen molar-refractivity contribution in [2.45, 2.75) is 75.8 Å². The normalized spacial score (nSPS) is 26.9. The largest absolute Gasteiger partial charge is 0.475 e. The molecular weight excluding hydrogens is 445 g/mol. The van der Waals surface area contributed by atoms with Crippen LogP contribution in [0.4, 0.5) is 5.69 Å². The van der Waals surface area contributed by atoms with E-state index in [-0.39, 0.29) is 18.2 Å². The summed E-state index contributed by atoms with van der Waals surface area (Å²) in [6.07, 6.45) is 7.88. The molecule has 0 N–H and O–H groups in total. The molecule has 1 saturated heterocycles. The number of halogens is 1. The molecular formula is C20H24INO4. The molecule has 1 aromatic rings. The van der Waals surface area contributed by atoms with Gasteiger partial charge in [0, 0.05) is 3.57 Å². The zero-order valence-electron chi connectivity index (χ0n) is 14.7. The third-order valence-corrected chi connectivity index (χ3v) is 5.93. The van der Waals surface area contributed by atoms with E-state index in [9.17, 15) is 4.79 Å². The van der Waals surface area contributed by atoms with Crippen LogP contribution in [0.3, 0.4) is 0 Å². The Balaban J connectivity index is 1.44. The number of aliphatic imine (C=N–C) groups is 1. The number of nitrogens with zero attached hydrogens (tertiary/aromatic N) is 1. The Bertz CT molecular complexity index is 663. The monoisotopic (exact) mass is 469 g/mol. The molecule has 26 heavy (non-hydrogen) atoms. The van der Waals surface area contributed by atoms with Gasteiger partial charge < -0.3 is 14.2 Å². The second kappa shape index (κ2) is 8.25. The van der Waals surface area contributed by atoms with E-state index in [2.05, 4.69) is 27.6 Å². The van der Waals surface area contributed by atoms with Crippen LogP contribution in [-0.2, 0) is 19.0 Å². The van der Waals surface area contributed by atoms with Gasteiger partial charge in [-0.1, -0.05) is 0 Å². The fourth-order valence-corrected chi connectivity index (χ4v) is 4.05. The summed E-state index contributed by atoms with van der Waals surface area (Å²) in [5.74, 6) is 0.249. The van der Waals surface area contributed by atoms with Gasteiger partial charge in [-0.3, -0.25) is 0 Å². The van der Waals surface area contributed by atoms with Gasteiger partial charge in [0.1, 0.15) is 12.2 Å². The zero-order chi connectivity index (χ0) is 17.9. The summed E-state index contributed by atoms with van der Waals surface area (Å²) in [4.78, 5) is 17.0. The summed E-state index contributed by atoms with van der Waals surface area (Å²) in [6.45, 7) is 0. The Hall–Kier alpha value is -1.15. The van der Waals surface area contributed by atoms with Crippen LogP contribution in [0.1, 0.15) is 51.4 Å². The zero-order valence-corrected chi connectivity index (χ0v) is 16.9. The summed E-state index contributed by atoms with van der Waals surface area (Å²) in [5, 5.41) is 0. The van der Waals surface area contributed by atoms with Crippen LogP contribution in [0.15, 0.2) is 29.3 Å². The molecule has 6 heteroatoms. The molecule has 3 aliphatic rings. The average Bonchev–Trinajstić information content (AvgIpc) is 3.01. The number of esters is 1. The highest BCUT2D eigenvalue weighted by atomic mass is 127. The molecule has 2 saturated carbocycles. The predicted octanol–water partition coefficient (Wildman–Crippen LogP) is 4.53. The lowest BCUT2D eigenvalue weighted by Gasteiger charge is -2.14. The first-order valence-corrected chi connectivity index (χ1v) is 10.6. The van der Waals surface area contributed by atoms with Crippen molar-refractivity contribution in [3.05, 3.63) is 27.8 Å². The van der Waals surface area contributed by atoms with Gasteiger partial charge in [-0.05, 0) is 98.2 Å². The topological polar surface area (TPSA) is 60.4 Å². The van der Waals surface area contributed by atoms with Crippen molar-refractivity contribution < 1.29 is 19.0 Å². The molecule has 5 nitrogen and oxygen atoms in total.